The number of ether oxygens (including phenoxy) is 1. The molecule has 0 spiro atoms. The highest BCUT2D eigenvalue weighted by Crippen LogP contribution is 1.94. The summed E-state index contributed by atoms with van der Waals surface area (Å²) in [4.78, 5) is 0. The molecule has 0 N–H and O–H groups in total. The Morgan fingerprint density at radius 1 is 1.44 bits per heavy atom. The molecule has 0 radical (unpaired) electrons. The molecule has 1 aliphatic heterocycles. The topological polar surface area (TPSA) is 24.8 Å². The largest absolute Gasteiger partial charge is 0.378 e. The lowest BCUT2D eigenvalue weighted by Crippen LogP contribution is -2.32. The lowest BCUT2D eigenvalue weighted by atomic mass is 10.5. The van der Waals surface area contributed by atoms with Crippen LogP contribution in [-0.4, -0.2) is 37.5 Å². The van der Waals surface area contributed by atoms with Gasteiger partial charge >= 0.3 is 0 Å². The maximum Gasteiger partial charge on any atom is 0.0659 e. The second kappa shape index (κ2) is 3.45. The standard InChI is InChI=1S/C6H12N2O/c1-2-7-8-3-5-9-6-4-8/h2H,3-6H2,1H3/b7-2-. The predicted molar refractivity (Wildman–Crippen MR) is 36.6 cm³/mol. The molecule has 0 atom stereocenters. The van der Waals surface area contributed by atoms with Gasteiger partial charge in [0.1, 0.15) is 0 Å². The van der Waals surface area contributed by atoms with Gasteiger partial charge in [-0.05, 0) is 6.92 Å². The highest BCUT2D eigenvalue weighted by atomic mass is 16.5. The van der Waals surface area contributed by atoms with Crippen molar-refractivity contribution in [1.82, 2.24) is 5.01 Å². The van der Waals surface area contributed by atoms with Gasteiger partial charge in [-0.2, -0.15) is 5.10 Å². The Balaban J connectivity index is 2.23. The zero-order chi connectivity index (χ0) is 6.53. The minimum absolute atomic E-state index is 0.817. The summed E-state index contributed by atoms with van der Waals surface area (Å²) in [6.07, 6.45) is 1.81. The molecule has 1 heterocycles. The van der Waals surface area contributed by atoms with Gasteiger partial charge in [-0.3, -0.25) is 5.01 Å². The molecule has 52 valence electrons. The third-order valence-corrected chi connectivity index (χ3v) is 1.27. The highest BCUT2D eigenvalue weighted by molar-refractivity contribution is 5.52. The summed E-state index contributed by atoms with van der Waals surface area (Å²) in [6, 6.07) is 0. The van der Waals surface area contributed by atoms with Crippen molar-refractivity contribution in [1.29, 1.82) is 0 Å². The fraction of sp³-hybridized carbons (Fsp3) is 0.833. The van der Waals surface area contributed by atoms with Crippen molar-refractivity contribution in [3.63, 3.8) is 0 Å². The van der Waals surface area contributed by atoms with Gasteiger partial charge in [0.05, 0.1) is 26.3 Å². The molecule has 0 aromatic rings. The quantitative estimate of drug-likeness (QED) is 0.475. The summed E-state index contributed by atoms with van der Waals surface area (Å²) in [5.74, 6) is 0. The zero-order valence-corrected chi connectivity index (χ0v) is 5.71. The van der Waals surface area contributed by atoms with E-state index in [4.69, 9.17) is 4.74 Å². The Labute approximate surface area is 55.3 Å². The molecule has 0 aromatic heterocycles. The Bertz CT molecular complexity index is 97.2. The van der Waals surface area contributed by atoms with Crippen LogP contribution in [0.1, 0.15) is 6.92 Å². The van der Waals surface area contributed by atoms with Crippen LogP contribution in [0.15, 0.2) is 5.10 Å². The van der Waals surface area contributed by atoms with Crippen molar-refractivity contribution in [2.24, 2.45) is 5.10 Å². The van der Waals surface area contributed by atoms with E-state index in [-0.39, 0.29) is 0 Å². The van der Waals surface area contributed by atoms with Crippen molar-refractivity contribution in [2.75, 3.05) is 26.3 Å². The van der Waals surface area contributed by atoms with E-state index < -0.39 is 0 Å². The van der Waals surface area contributed by atoms with Crippen LogP contribution in [0.25, 0.3) is 0 Å². The van der Waals surface area contributed by atoms with E-state index >= 15 is 0 Å². The smallest absolute Gasteiger partial charge is 0.0659 e. The summed E-state index contributed by atoms with van der Waals surface area (Å²) < 4.78 is 5.13. The Kier molecular flexibility index (Phi) is 2.51. The molecule has 0 unspecified atom stereocenters. The molecule has 3 heteroatoms. The second-order valence-corrected chi connectivity index (χ2v) is 1.94. The average molecular weight is 128 g/mol. The van der Waals surface area contributed by atoms with E-state index in [1.165, 1.54) is 0 Å². The van der Waals surface area contributed by atoms with Crippen LogP contribution in [0.2, 0.25) is 0 Å². The molecule has 0 bridgehead atoms. The first kappa shape index (κ1) is 6.55. The van der Waals surface area contributed by atoms with E-state index in [0.717, 1.165) is 26.3 Å². The van der Waals surface area contributed by atoms with Crippen LogP contribution in [0.4, 0.5) is 0 Å². The van der Waals surface area contributed by atoms with Gasteiger partial charge in [0.15, 0.2) is 0 Å². The summed E-state index contributed by atoms with van der Waals surface area (Å²) in [7, 11) is 0. The van der Waals surface area contributed by atoms with Crippen LogP contribution < -0.4 is 0 Å². The minimum atomic E-state index is 0.817. The lowest BCUT2D eigenvalue weighted by molar-refractivity contribution is 0.0396. The number of hydrazone groups is 1. The van der Waals surface area contributed by atoms with Crippen LogP contribution in [0.3, 0.4) is 0 Å². The normalized spacial score (nSPS) is 21.2. The number of nitrogens with zero attached hydrogens (tertiary/aromatic N) is 2. The molecule has 0 aromatic carbocycles. The molecular formula is C6H12N2O. The van der Waals surface area contributed by atoms with Crippen LogP contribution >= 0.6 is 0 Å². The highest BCUT2D eigenvalue weighted by Gasteiger charge is 2.04. The fourth-order valence-corrected chi connectivity index (χ4v) is 0.832. The van der Waals surface area contributed by atoms with Crippen LogP contribution in [0, 0.1) is 0 Å². The fourth-order valence-electron chi connectivity index (χ4n) is 0.832. The van der Waals surface area contributed by atoms with Gasteiger partial charge in [0.2, 0.25) is 0 Å². The maximum absolute atomic E-state index is 5.13. The van der Waals surface area contributed by atoms with Crippen molar-refractivity contribution < 1.29 is 4.74 Å². The Morgan fingerprint density at radius 2 is 2.11 bits per heavy atom. The zero-order valence-electron chi connectivity index (χ0n) is 5.71. The predicted octanol–water partition coefficient (Wildman–Crippen LogP) is 0.324. The van der Waals surface area contributed by atoms with Crippen molar-refractivity contribution in [3.05, 3.63) is 0 Å². The molecule has 0 aliphatic carbocycles. The second-order valence-electron chi connectivity index (χ2n) is 1.94. The van der Waals surface area contributed by atoms with E-state index in [2.05, 4.69) is 5.10 Å². The van der Waals surface area contributed by atoms with Gasteiger partial charge < -0.3 is 4.74 Å². The summed E-state index contributed by atoms with van der Waals surface area (Å²) in [6.45, 7) is 5.43. The number of hydrogen-bond donors (Lipinski definition) is 0. The van der Waals surface area contributed by atoms with E-state index in [1.807, 2.05) is 18.1 Å². The van der Waals surface area contributed by atoms with Gasteiger partial charge in [0, 0.05) is 6.21 Å². The lowest BCUT2D eigenvalue weighted by Gasteiger charge is -2.23. The van der Waals surface area contributed by atoms with Crippen LogP contribution in [0.5, 0.6) is 0 Å². The molecule has 0 saturated carbocycles. The number of morpholine rings is 1. The summed E-state index contributed by atoms with van der Waals surface area (Å²) >= 11 is 0. The average Bonchev–Trinajstić information content (AvgIpc) is 1.91. The molecular weight excluding hydrogens is 116 g/mol. The molecule has 1 fully saturated rings. The first-order valence-corrected chi connectivity index (χ1v) is 3.25. The minimum Gasteiger partial charge on any atom is -0.378 e. The van der Waals surface area contributed by atoms with Gasteiger partial charge in [0.25, 0.3) is 0 Å². The third kappa shape index (κ3) is 2.01. The first-order chi connectivity index (χ1) is 4.43. The SMILES string of the molecule is C/C=N\N1CCOCC1. The molecule has 1 rings (SSSR count). The van der Waals surface area contributed by atoms with Gasteiger partial charge in [-0.1, -0.05) is 0 Å². The molecule has 1 aliphatic rings. The summed E-state index contributed by atoms with van der Waals surface area (Å²) in [5.41, 5.74) is 0. The Morgan fingerprint density at radius 3 is 2.67 bits per heavy atom. The van der Waals surface area contributed by atoms with Gasteiger partial charge in [-0.15, -0.1) is 0 Å². The summed E-state index contributed by atoms with van der Waals surface area (Å²) in [5, 5.41) is 6.13. The van der Waals surface area contributed by atoms with E-state index in [9.17, 15) is 0 Å². The molecule has 1 saturated heterocycles. The van der Waals surface area contributed by atoms with Crippen molar-refractivity contribution >= 4 is 6.21 Å². The van der Waals surface area contributed by atoms with E-state index in [1.54, 1.807) is 0 Å². The van der Waals surface area contributed by atoms with Crippen molar-refractivity contribution in [2.45, 2.75) is 6.92 Å². The van der Waals surface area contributed by atoms with Gasteiger partial charge in [-0.25, -0.2) is 0 Å². The first-order valence-electron chi connectivity index (χ1n) is 3.25. The van der Waals surface area contributed by atoms with Crippen LogP contribution in [-0.2, 0) is 4.74 Å². The Hall–Kier alpha value is -0.570. The number of rotatable bonds is 1. The monoisotopic (exact) mass is 128 g/mol. The van der Waals surface area contributed by atoms with E-state index in [0.29, 0.717) is 0 Å². The molecule has 3 nitrogen and oxygen atoms in total. The third-order valence-electron chi connectivity index (χ3n) is 1.27. The maximum atomic E-state index is 5.13. The molecule has 0 amide bonds. The molecule has 9 heavy (non-hydrogen) atoms. The van der Waals surface area contributed by atoms with Crippen molar-refractivity contribution in [3.8, 4) is 0 Å². The number of hydrogen-bond acceptors (Lipinski definition) is 3.